The minimum absolute atomic E-state index is 0.00264. The topological polar surface area (TPSA) is 46.5 Å². The van der Waals surface area contributed by atoms with Gasteiger partial charge in [0.2, 0.25) is 0 Å². The summed E-state index contributed by atoms with van der Waals surface area (Å²) in [5.41, 5.74) is 0.00264. The number of carboxylic acid groups (broad SMARTS) is 1. The van der Waals surface area contributed by atoms with Gasteiger partial charge in [-0.3, -0.25) is 4.79 Å². The zero-order valence-corrected chi connectivity index (χ0v) is 14.8. The van der Waals surface area contributed by atoms with E-state index in [0.29, 0.717) is 0 Å². The third kappa shape index (κ3) is 8.57. The lowest BCUT2D eigenvalue weighted by Crippen LogP contribution is -2.01. The van der Waals surface area contributed by atoms with Crippen LogP contribution in [0.3, 0.4) is 0 Å². The van der Waals surface area contributed by atoms with Crippen LogP contribution in [0.2, 0.25) is 0 Å². The minimum Gasteiger partial charge on any atom is -0.481 e. The minimum atomic E-state index is -1.06. The second-order valence-electron chi connectivity index (χ2n) is 2.92. The van der Waals surface area contributed by atoms with Gasteiger partial charge in [0.1, 0.15) is 15.0 Å². The van der Waals surface area contributed by atoms with Crippen molar-refractivity contribution in [1.82, 2.24) is 0 Å². The number of aryl methyl sites for hydroxylation is 1. The molecule has 0 aliphatic rings. The largest absolute Gasteiger partial charge is 0.481 e. The number of benzene rings is 1. The summed E-state index contributed by atoms with van der Waals surface area (Å²) in [4.78, 5) is 10.3. The highest BCUT2D eigenvalue weighted by atomic mass is 127. The van der Waals surface area contributed by atoms with Gasteiger partial charge in [0, 0.05) is 33.7 Å². The zero-order chi connectivity index (χ0) is 16.1. The van der Waals surface area contributed by atoms with Crippen molar-refractivity contribution in [2.45, 2.75) is 40.5 Å². The van der Waals surface area contributed by atoms with Crippen molar-refractivity contribution in [3.63, 3.8) is 0 Å². The van der Waals surface area contributed by atoms with Crippen molar-refractivity contribution >= 4 is 36.4 Å². The Morgan fingerprint density at radius 1 is 1.30 bits per heavy atom. The van der Waals surface area contributed by atoms with Crippen molar-refractivity contribution in [1.29, 1.82) is 0 Å². The van der Waals surface area contributed by atoms with Gasteiger partial charge in [0.15, 0.2) is 11.6 Å². The van der Waals surface area contributed by atoms with Gasteiger partial charge in [-0.25, -0.2) is 8.78 Å². The number of hydrogen-bond acceptors (Lipinski definition) is 3. The molecule has 0 heterocycles. The molecule has 3 nitrogen and oxygen atoms in total. The average Bonchev–Trinajstić information content (AvgIpc) is 2.45. The van der Waals surface area contributed by atoms with Gasteiger partial charge in [-0.2, -0.15) is 0 Å². The summed E-state index contributed by atoms with van der Waals surface area (Å²) < 4.78 is 31.4. The van der Waals surface area contributed by atoms with E-state index in [1.54, 1.807) is 21.2 Å². The Kier molecular flexibility index (Phi) is 14.6. The Bertz CT molecular complexity index is 403. The number of carboxylic acids is 1. The van der Waals surface area contributed by atoms with Gasteiger partial charge >= 0.3 is 5.97 Å². The van der Waals surface area contributed by atoms with Gasteiger partial charge in [-0.15, -0.1) is 0 Å². The molecular formula is C13H19F2IO3S. The lowest BCUT2D eigenvalue weighted by atomic mass is 10.1. The van der Waals surface area contributed by atoms with Gasteiger partial charge in [0.05, 0.1) is 0 Å². The van der Waals surface area contributed by atoms with Gasteiger partial charge in [0.25, 0.3) is 0 Å². The van der Waals surface area contributed by atoms with Crippen LogP contribution in [0.5, 0.6) is 5.75 Å². The molecule has 7 heteroatoms. The summed E-state index contributed by atoms with van der Waals surface area (Å²) in [6, 6.07) is 1.90. The average molecular weight is 420 g/mol. The van der Waals surface area contributed by atoms with E-state index in [1.807, 2.05) is 27.7 Å². The monoisotopic (exact) mass is 420 g/mol. The maximum Gasteiger partial charge on any atom is 0.303 e. The molecule has 0 unspecified atom stereocenters. The van der Waals surface area contributed by atoms with Crippen molar-refractivity contribution in [2.75, 3.05) is 0 Å². The van der Waals surface area contributed by atoms with E-state index < -0.39 is 17.6 Å². The van der Waals surface area contributed by atoms with Crippen molar-refractivity contribution in [3.8, 4) is 5.75 Å². The number of carbonyl (C=O) groups is 1. The number of hydrogen-bond donors (Lipinski definition) is 1. The van der Waals surface area contributed by atoms with Crippen LogP contribution in [0.25, 0.3) is 0 Å². The summed E-state index contributed by atoms with van der Waals surface area (Å²) in [6.07, 6.45) is -0.321. The number of aliphatic carboxylic acids is 1. The molecule has 0 bridgehead atoms. The molecule has 0 aliphatic carbocycles. The molecule has 0 fully saturated rings. The fourth-order valence-corrected chi connectivity index (χ4v) is 1.91. The van der Waals surface area contributed by atoms with Crippen LogP contribution in [0.15, 0.2) is 12.1 Å². The van der Waals surface area contributed by atoms with Crippen LogP contribution >= 0.6 is 30.4 Å². The molecule has 0 amide bonds. The second-order valence-corrected chi connectivity index (χ2v) is 4.29. The molecular weight excluding hydrogens is 401 g/mol. The zero-order valence-electron chi connectivity index (χ0n) is 11.9. The normalized spacial score (nSPS) is 8.75. The summed E-state index contributed by atoms with van der Waals surface area (Å²) in [5.74, 6) is -2.65. The highest BCUT2D eigenvalue weighted by Gasteiger charge is 2.13. The maximum atomic E-state index is 13.6. The fraction of sp³-hybridized carbons (Fsp3) is 0.462. The predicted octanol–water partition coefficient (Wildman–Crippen LogP) is 5.41. The molecule has 0 atom stereocenters. The first-order chi connectivity index (χ1) is 9.54. The van der Waals surface area contributed by atoms with E-state index in [2.05, 4.69) is 0 Å². The molecule has 0 aromatic heterocycles. The van der Waals surface area contributed by atoms with Crippen LogP contribution < -0.4 is 4.18 Å². The molecule has 0 saturated carbocycles. The molecule has 0 radical (unpaired) electrons. The van der Waals surface area contributed by atoms with E-state index in [-0.39, 0.29) is 24.2 Å². The lowest BCUT2D eigenvalue weighted by Gasteiger charge is -2.06. The maximum absolute atomic E-state index is 13.6. The van der Waals surface area contributed by atoms with Gasteiger partial charge in [-0.1, -0.05) is 27.7 Å². The fourth-order valence-electron chi connectivity index (χ4n) is 1.14. The van der Waals surface area contributed by atoms with E-state index in [4.69, 9.17) is 9.29 Å². The Morgan fingerprint density at radius 2 is 1.85 bits per heavy atom. The number of halogens is 3. The summed E-state index contributed by atoms with van der Waals surface area (Å²) in [6.45, 7) is 8.00. The molecule has 20 heavy (non-hydrogen) atoms. The summed E-state index contributed by atoms with van der Waals surface area (Å²) >= 11 is 1.77. The van der Waals surface area contributed by atoms with E-state index in [9.17, 15) is 13.6 Å². The SMILES string of the molecule is CC.CC.O=C(O)CCc1cc(F)cc(OSI)c1F. The Labute approximate surface area is 134 Å². The van der Waals surface area contributed by atoms with Gasteiger partial charge < -0.3 is 9.29 Å². The predicted molar refractivity (Wildman–Crippen MR) is 87.2 cm³/mol. The van der Waals surface area contributed by atoms with Crippen LogP contribution in [0, 0.1) is 11.6 Å². The lowest BCUT2D eigenvalue weighted by molar-refractivity contribution is -0.136. The van der Waals surface area contributed by atoms with Crippen LogP contribution in [0.1, 0.15) is 39.7 Å². The first-order valence-corrected chi connectivity index (χ1v) is 9.48. The smallest absolute Gasteiger partial charge is 0.303 e. The Morgan fingerprint density at radius 3 is 2.30 bits per heavy atom. The molecule has 0 saturated heterocycles. The quantitative estimate of drug-likeness (QED) is 0.511. The molecule has 1 aromatic rings. The van der Waals surface area contributed by atoms with Crippen molar-refractivity contribution in [2.24, 2.45) is 0 Å². The van der Waals surface area contributed by atoms with Crippen LogP contribution in [0.4, 0.5) is 8.78 Å². The van der Waals surface area contributed by atoms with Gasteiger partial charge in [-0.05, 0) is 18.1 Å². The Hall–Kier alpha value is -0.570. The summed E-state index contributed by atoms with van der Waals surface area (Å²) in [7, 11) is 0.858. The van der Waals surface area contributed by atoms with Crippen LogP contribution in [-0.2, 0) is 11.2 Å². The molecule has 1 N–H and O–H groups in total. The number of rotatable bonds is 5. The highest BCUT2D eigenvalue weighted by molar-refractivity contribution is 14.2. The molecule has 1 rings (SSSR count). The summed E-state index contributed by atoms with van der Waals surface area (Å²) in [5, 5.41) is 8.45. The first-order valence-electron chi connectivity index (χ1n) is 6.19. The molecule has 116 valence electrons. The second kappa shape index (κ2) is 13.4. The van der Waals surface area contributed by atoms with E-state index in [0.717, 1.165) is 21.3 Å². The van der Waals surface area contributed by atoms with Crippen molar-refractivity contribution < 1.29 is 22.9 Å². The third-order valence-electron chi connectivity index (χ3n) is 1.81. The highest BCUT2D eigenvalue weighted by Crippen LogP contribution is 2.28. The van der Waals surface area contributed by atoms with Crippen molar-refractivity contribution in [3.05, 3.63) is 29.3 Å². The molecule has 0 spiro atoms. The van der Waals surface area contributed by atoms with Crippen LogP contribution in [-0.4, -0.2) is 11.1 Å². The van der Waals surface area contributed by atoms with E-state index in [1.165, 1.54) is 0 Å². The first kappa shape index (κ1) is 21.7. The standard InChI is InChI=1S/C9H7F2IO3S.2C2H6/c10-6-3-5(1-2-8(13)14)9(11)7(4-6)15-16-12;2*1-2/h3-4H,1-2H2,(H,13,14);2*1-2H3. The molecule has 0 aliphatic heterocycles. The Balaban J connectivity index is 0. The van der Waals surface area contributed by atoms with E-state index >= 15 is 0 Å². The third-order valence-corrected chi connectivity index (χ3v) is 2.59. The molecule has 1 aromatic carbocycles.